The summed E-state index contributed by atoms with van der Waals surface area (Å²) in [6.45, 7) is 5.08. The summed E-state index contributed by atoms with van der Waals surface area (Å²) in [5, 5.41) is 9.15. The molecule has 1 aromatic rings. The zero-order chi connectivity index (χ0) is 10.1. The van der Waals surface area contributed by atoms with Crippen molar-refractivity contribution in [2.75, 3.05) is 11.9 Å². The smallest absolute Gasteiger partial charge is 0.161 e. The average molecular weight is 210 g/mol. The fraction of sp³-hybridized carbons (Fsp3) is 0.556. The summed E-state index contributed by atoms with van der Waals surface area (Å²) < 4.78 is 1.81. The second kappa shape index (κ2) is 3.65. The van der Waals surface area contributed by atoms with Crippen LogP contribution in [0, 0.1) is 6.92 Å². The Kier molecular flexibility index (Phi) is 2.50. The van der Waals surface area contributed by atoms with Gasteiger partial charge in [-0.05, 0) is 6.92 Å². The van der Waals surface area contributed by atoms with E-state index in [1.165, 1.54) is 0 Å². The molecule has 0 aromatic carbocycles. The number of hydrogen-bond acceptors (Lipinski definition) is 4. The van der Waals surface area contributed by atoms with Gasteiger partial charge in [0.25, 0.3) is 0 Å². The van der Waals surface area contributed by atoms with Crippen molar-refractivity contribution in [1.82, 2.24) is 9.78 Å². The van der Waals surface area contributed by atoms with Crippen molar-refractivity contribution in [3.63, 3.8) is 0 Å². The molecule has 1 N–H and O–H groups in total. The Labute approximate surface area is 87.8 Å². The van der Waals surface area contributed by atoms with Crippen LogP contribution in [0.5, 0.6) is 0 Å². The number of hydrogen-bond donors (Lipinski definition) is 1. The molecule has 2 heterocycles. The standard InChI is InChI=1S/C9H14N4S/c1-6-4-10-9(14-6)11-8-5-13(3)12-7(8)2/h5-6H,4H2,1-3H3,(H,10,11). The van der Waals surface area contributed by atoms with E-state index < -0.39 is 0 Å². The van der Waals surface area contributed by atoms with Gasteiger partial charge in [-0.25, -0.2) is 0 Å². The van der Waals surface area contributed by atoms with Gasteiger partial charge in [-0.3, -0.25) is 9.67 Å². The molecule has 14 heavy (non-hydrogen) atoms. The third-order valence-corrected chi connectivity index (χ3v) is 3.07. The van der Waals surface area contributed by atoms with Gasteiger partial charge in [0, 0.05) is 18.5 Å². The number of anilines is 1. The van der Waals surface area contributed by atoms with Crippen LogP contribution in [0.15, 0.2) is 11.2 Å². The maximum absolute atomic E-state index is 4.39. The molecule has 0 bridgehead atoms. The van der Waals surface area contributed by atoms with Crippen LogP contribution in [-0.4, -0.2) is 26.7 Å². The molecule has 0 saturated heterocycles. The molecule has 0 radical (unpaired) electrons. The van der Waals surface area contributed by atoms with Crippen molar-refractivity contribution >= 4 is 22.6 Å². The first-order chi connectivity index (χ1) is 6.65. The number of amidine groups is 1. The lowest BCUT2D eigenvalue weighted by Gasteiger charge is -2.03. The average Bonchev–Trinajstić information content (AvgIpc) is 2.61. The number of aromatic nitrogens is 2. The molecule has 1 aromatic heterocycles. The summed E-state index contributed by atoms with van der Waals surface area (Å²) in [6.07, 6.45) is 1.97. The third kappa shape index (κ3) is 1.92. The van der Waals surface area contributed by atoms with Gasteiger partial charge in [-0.1, -0.05) is 18.7 Å². The molecule has 1 aliphatic rings. The van der Waals surface area contributed by atoms with Gasteiger partial charge in [0.2, 0.25) is 0 Å². The topological polar surface area (TPSA) is 42.2 Å². The van der Waals surface area contributed by atoms with Gasteiger partial charge in [0.15, 0.2) is 5.17 Å². The number of nitrogens with zero attached hydrogens (tertiary/aromatic N) is 3. The number of aliphatic imine (C=N–C) groups is 1. The van der Waals surface area contributed by atoms with E-state index in [4.69, 9.17) is 0 Å². The first kappa shape index (κ1) is 9.58. The minimum absolute atomic E-state index is 0.592. The highest BCUT2D eigenvalue weighted by molar-refractivity contribution is 8.15. The fourth-order valence-electron chi connectivity index (χ4n) is 1.38. The molecular weight excluding hydrogens is 196 g/mol. The van der Waals surface area contributed by atoms with Crippen molar-refractivity contribution < 1.29 is 0 Å². The Morgan fingerprint density at radius 3 is 2.93 bits per heavy atom. The van der Waals surface area contributed by atoms with Gasteiger partial charge < -0.3 is 5.32 Å². The lowest BCUT2D eigenvalue weighted by molar-refractivity contribution is 0.756. The highest BCUT2D eigenvalue weighted by Gasteiger charge is 2.16. The van der Waals surface area contributed by atoms with E-state index in [2.05, 4.69) is 22.3 Å². The molecule has 1 aliphatic heterocycles. The largest absolute Gasteiger partial charge is 0.332 e. The van der Waals surface area contributed by atoms with E-state index in [1.807, 2.05) is 20.2 Å². The minimum Gasteiger partial charge on any atom is -0.332 e. The normalized spacial score (nSPS) is 21.1. The van der Waals surface area contributed by atoms with Crippen LogP contribution in [0.1, 0.15) is 12.6 Å². The van der Waals surface area contributed by atoms with Crippen LogP contribution < -0.4 is 5.32 Å². The number of aryl methyl sites for hydroxylation is 2. The van der Waals surface area contributed by atoms with Crippen LogP contribution >= 0.6 is 11.8 Å². The van der Waals surface area contributed by atoms with Gasteiger partial charge in [-0.2, -0.15) is 5.10 Å². The second-order valence-corrected chi connectivity index (χ2v) is 4.93. The predicted molar refractivity (Wildman–Crippen MR) is 60.9 cm³/mol. The SMILES string of the molecule is Cc1nn(C)cc1NC1=NCC(C)S1. The van der Waals surface area contributed by atoms with Crippen molar-refractivity contribution in [1.29, 1.82) is 0 Å². The van der Waals surface area contributed by atoms with E-state index in [1.54, 1.807) is 16.4 Å². The Morgan fingerprint density at radius 1 is 1.64 bits per heavy atom. The number of rotatable bonds is 1. The summed E-state index contributed by atoms with van der Waals surface area (Å²) >= 11 is 1.78. The van der Waals surface area contributed by atoms with Crippen LogP contribution in [0.25, 0.3) is 0 Å². The molecule has 4 nitrogen and oxygen atoms in total. The lowest BCUT2D eigenvalue weighted by atomic mass is 10.4. The summed E-state index contributed by atoms with van der Waals surface area (Å²) in [4.78, 5) is 4.39. The van der Waals surface area contributed by atoms with E-state index in [9.17, 15) is 0 Å². The monoisotopic (exact) mass is 210 g/mol. The molecule has 0 spiro atoms. The van der Waals surface area contributed by atoms with E-state index in [0.29, 0.717) is 5.25 Å². The highest BCUT2D eigenvalue weighted by atomic mass is 32.2. The maximum Gasteiger partial charge on any atom is 0.161 e. The lowest BCUT2D eigenvalue weighted by Crippen LogP contribution is -2.06. The van der Waals surface area contributed by atoms with E-state index in [-0.39, 0.29) is 0 Å². The van der Waals surface area contributed by atoms with Crippen LogP contribution in [0.3, 0.4) is 0 Å². The number of thioether (sulfide) groups is 1. The molecule has 76 valence electrons. The predicted octanol–water partition coefficient (Wildman–Crippen LogP) is 1.63. The molecule has 1 unspecified atom stereocenters. The van der Waals surface area contributed by atoms with Gasteiger partial charge >= 0.3 is 0 Å². The molecular formula is C9H14N4S. The first-order valence-corrected chi connectivity index (χ1v) is 5.51. The second-order valence-electron chi connectivity index (χ2n) is 3.50. The Balaban J connectivity index is 2.08. The van der Waals surface area contributed by atoms with Gasteiger partial charge in [-0.15, -0.1) is 0 Å². The summed E-state index contributed by atoms with van der Waals surface area (Å²) in [5.41, 5.74) is 2.06. The zero-order valence-corrected chi connectivity index (χ0v) is 9.43. The quantitative estimate of drug-likeness (QED) is 0.766. The van der Waals surface area contributed by atoms with E-state index >= 15 is 0 Å². The Hall–Kier alpha value is -0.970. The first-order valence-electron chi connectivity index (χ1n) is 4.63. The van der Waals surface area contributed by atoms with Crippen molar-refractivity contribution in [3.8, 4) is 0 Å². The van der Waals surface area contributed by atoms with Crippen LogP contribution in [0.4, 0.5) is 5.69 Å². The minimum atomic E-state index is 0.592. The van der Waals surface area contributed by atoms with Crippen LogP contribution in [-0.2, 0) is 7.05 Å². The molecule has 2 rings (SSSR count). The summed E-state index contributed by atoms with van der Waals surface area (Å²) in [7, 11) is 1.92. The van der Waals surface area contributed by atoms with E-state index in [0.717, 1.165) is 23.1 Å². The summed E-state index contributed by atoms with van der Waals surface area (Å²) in [6, 6.07) is 0. The molecule has 0 saturated carbocycles. The fourth-order valence-corrected chi connectivity index (χ4v) is 2.23. The van der Waals surface area contributed by atoms with Gasteiger partial charge in [0.1, 0.15) is 0 Å². The summed E-state index contributed by atoms with van der Waals surface area (Å²) in [5.74, 6) is 0. The maximum atomic E-state index is 4.39. The molecule has 1 atom stereocenters. The Morgan fingerprint density at radius 2 is 2.43 bits per heavy atom. The molecule has 5 heteroatoms. The van der Waals surface area contributed by atoms with Crippen molar-refractivity contribution in [2.45, 2.75) is 19.1 Å². The van der Waals surface area contributed by atoms with Crippen LogP contribution in [0.2, 0.25) is 0 Å². The zero-order valence-electron chi connectivity index (χ0n) is 8.61. The molecule has 0 amide bonds. The Bertz CT molecular complexity index is 369. The molecule has 0 fully saturated rings. The van der Waals surface area contributed by atoms with Crippen molar-refractivity contribution in [2.24, 2.45) is 12.0 Å². The highest BCUT2D eigenvalue weighted by Crippen LogP contribution is 2.22. The van der Waals surface area contributed by atoms with Gasteiger partial charge in [0.05, 0.1) is 17.9 Å². The molecule has 0 aliphatic carbocycles. The van der Waals surface area contributed by atoms with Crippen molar-refractivity contribution in [3.05, 3.63) is 11.9 Å². The third-order valence-electron chi connectivity index (χ3n) is 2.06. The number of nitrogens with one attached hydrogen (secondary N) is 1.